The van der Waals surface area contributed by atoms with E-state index in [1.165, 1.54) is 11.6 Å². The molecule has 0 unspecified atom stereocenters. The van der Waals surface area contributed by atoms with Crippen molar-refractivity contribution in [1.29, 1.82) is 0 Å². The van der Waals surface area contributed by atoms with Crippen molar-refractivity contribution in [2.24, 2.45) is 14.1 Å². The lowest BCUT2D eigenvalue weighted by Gasteiger charge is -2.36. The topological polar surface area (TPSA) is 85.4 Å². The van der Waals surface area contributed by atoms with Crippen molar-refractivity contribution in [1.82, 2.24) is 23.6 Å². The lowest BCUT2D eigenvalue weighted by molar-refractivity contribution is -0.131. The first kappa shape index (κ1) is 21.2. The third kappa shape index (κ3) is 4.10. The normalized spacial score (nSPS) is 14.4. The maximum atomic E-state index is 12.7. The van der Waals surface area contributed by atoms with Gasteiger partial charge < -0.3 is 14.4 Å². The fourth-order valence-electron chi connectivity index (χ4n) is 3.99. The first-order valence-corrected chi connectivity index (χ1v) is 10.6. The van der Waals surface area contributed by atoms with E-state index in [4.69, 9.17) is 11.6 Å². The summed E-state index contributed by atoms with van der Waals surface area (Å²) in [4.78, 5) is 45.5. The zero-order valence-corrected chi connectivity index (χ0v) is 18.4. The third-order valence-corrected chi connectivity index (χ3v) is 6.08. The van der Waals surface area contributed by atoms with E-state index >= 15 is 0 Å². The Morgan fingerprint density at radius 3 is 2.39 bits per heavy atom. The molecule has 0 bridgehead atoms. The van der Waals surface area contributed by atoms with Gasteiger partial charge in [0.2, 0.25) is 5.91 Å². The highest BCUT2D eigenvalue weighted by Crippen LogP contribution is 2.20. The lowest BCUT2D eigenvalue weighted by atomic mass is 10.2. The summed E-state index contributed by atoms with van der Waals surface area (Å²) in [5.74, 6) is 0.112. The Morgan fingerprint density at radius 2 is 1.71 bits per heavy atom. The highest BCUT2D eigenvalue weighted by atomic mass is 35.5. The molecule has 2 aromatic heterocycles. The summed E-state index contributed by atoms with van der Waals surface area (Å²) in [6, 6.07) is 7.74. The summed E-state index contributed by atoms with van der Waals surface area (Å²) in [7, 11) is 3.04. The largest absolute Gasteiger partial charge is 0.368 e. The van der Waals surface area contributed by atoms with Crippen LogP contribution < -0.4 is 16.1 Å². The minimum Gasteiger partial charge on any atom is -0.368 e. The molecule has 1 amide bonds. The van der Waals surface area contributed by atoms with Gasteiger partial charge in [-0.25, -0.2) is 9.78 Å². The van der Waals surface area contributed by atoms with Crippen LogP contribution in [0.2, 0.25) is 5.02 Å². The molecule has 0 saturated carbocycles. The monoisotopic (exact) mass is 444 g/mol. The SMILES string of the molecule is Cn1c(=O)c2c(ncn2CCCC(=O)N2CCN(c3ccc(Cl)cc3)CC2)n(C)c1=O. The molecule has 0 aliphatic carbocycles. The number of aromatic nitrogens is 4. The number of imidazole rings is 1. The molecule has 1 saturated heterocycles. The standard InChI is InChI=1S/C21H25ClN6O3/c1-24-19-18(20(30)25(2)21(24)31)28(14-23-19)9-3-4-17(29)27-12-10-26(11-13-27)16-7-5-15(22)6-8-16/h5-8,14H,3-4,9-13H2,1-2H3. The molecule has 1 fully saturated rings. The van der Waals surface area contributed by atoms with Gasteiger partial charge in [-0.2, -0.15) is 0 Å². The molecule has 0 atom stereocenters. The second kappa shape index (κ2) is 8.58. The van der Waals surface area contributed by atoms with Gasteiger partial charge >= 0.3 is 5.69 Å². The van der Waals surface area contributed by atoms with Gasteiger partial charge in [-0.1, -0.05) is 11.6 Å². The number of aryl methyl sites for hydroxylation is 2. The van der Waals surface area contributed by atoms with Crippen LogP contribution in [0.4, 0.5) is 5.69 Å². The van der Waals surface area contributed by atoms with Gasteiger partial charge in [-0.3, -0.25) is 18.7 Å². The molecule has 3 aromatic rings. The minimum absolute atomic E-state index is 0.112. The van der Waals surface area contributed by atoms with E-state index in [2.05, 4.69) is 9.88 Å². The zero-order chi connectivity index (χ0) is 22.1. The summed E-state index contributed by atoms with van der Waals surface area (Å²) in [6.07, 6.45) is 2.54. The lowest BCUT2D eigenvalue weighted by Crippen LogP contribution is -2.48. The zero-order valence-electron chi connectivity index (χ0n) is 17.6. The average molecular weight is 445 g/mol. The number of halogens is 1. The smallest absolute Gasteiger partial charge is 0.332 e. The fraction of sp³-hybridized carbons (Fsp3) is 0.429. The summed E-state index contributed by atoms with van der Waals surface area (Å²) < 4.78 is 4.16. The molecule has 10 heteroatoms. The number of carbonyl (C=O) groups is 1. The first-order chi connectivity index (χ1) is 14.9. The van der Waals surface area contributed by atoms with Gasteiger partial charge in [0.25, 0.3) is 5.56 Å². The Labute approximate surface area is 184 Å². The number of hydrogen-bond donors (Lipinski definition) is 0. The number of amides is 1. The molecule has 4 rings (SSSR count). The van der Waals surface area contributed by atoms with Crippen LogP contribution in [0.5, 0.6) is 0 Å². The average Bonchev–Trinajstić information content (AvgIpc) is 3.21. The van der Waals surface area contributed by atoms with E-state index in [1.54, 1.807) is 17.9 Å². The van der Waals surface area contributed by atoms with Crippen LogP contribution in [0.1, 0.15) is 12.8 Å². The van der Waals surface area contributed by atoms with E-state index < -0.39 is 5.69 Å². The van der Waals surface area contributed by atoms with Crippen molar-refractivity contribution in [2.45, 2.75) is 19.4 Å². The Hall–Kier alpha value is -3.07. The van der Waals surface area contributed by atoms with Crippen molar-refractivity contribution < 1.29 is 4.79 Å². The van der Waals surface area contributed by atoms with Gasteiger partial charge in [-0.15, -0.1) is 0 Å². The van der Waals surface area contributed by atoms with Crippen LogP contribution in [0.15, 0.2) is 40.2 Å². The molecule has 0 N–H and O–H groups in total. The quantitative estimate of drug-likeness (QED) is 0.590. The number of piperazine rings is 1. The highest BCUT2D eigenvalue weighted by molar-refractivity contribution is 6.30. The van der Waals surface area contributed by atoms with E-state index in [-0.39, 0.29) is 11.5 Å². The van der Waals surface area contributed by atoms with Gasteiger partial charge in [0.05, 0.1) is 6.33 Å². The molecule has 164 valence electrons. The molecule has 1 aliphatic rings. The molecular formula is C21H25ClN6O3. The van der Waals surface area contributed by atoms with Crippen LogP contribution in [0.25, 0.3) is 11.2 Å². The third-order valence-electron chi connectivity index (χ3n) is 5.83. The van der Waals surface area contributed by atoms with E-state index in [0.717, 1.165) is 23.3 Å². The Morgan fingerprint density at radius 1 is 1.03 bits per heavy atom. The maximum absolute atomic E-state index is 12.7. The van der Waals surface area contributed by atoms with Crippen molar-refractivity contribution >= 4 is 34.4 Å². The molecule has 3 heterocycles. The molecule has 31 heavy (non-hydrogen) atoms. The highest BCUT2D eigenvalue weighted by Gasteiger charge is 2.21. The van der Waals surface area contributed by atoms with Gasteiger partial charge in [0, 0.05) is 63.9 Å². The molecular weight excluding hydrogens is 420 g/mol. The van der Waals surface area contributed by atoms with E-state index in [1.807, 2.05) is 29.2 Å². The number of carbonyl (C=O) groups excluding carboxylic acids is 1. The van der Waals surface area contributed by atoms with Crippen LogP contribution in [-0.2, 0) is 25.4 Å². The predicted molar refractivity (Wildman–Crippen MR) is 120 cm³/mol. The van der Waals surface area contributed by atoms with Gasteiger partial charge in [0.1, 0.15) is 0 Å². The number of fused-ring (bicyclic) bond motifs is 1. The fourth-order valence-corrected chi connectivity index (χ4v) is 4.12. The molecule has 9 nitrogen and oxygen atoms in total. The van der Waals surface area contributed by atoms with Crippen LogP contribution in [0.3, 0.4) is 0 Å². The Kier molecular flexibility index (Phi) is 5.86. The minimum atomic E-state index is -0.407. The first-order valence-electron chi connectivity index (χ1n) is 10.3. The number of hydrogen-bond acceptors (Lipinski definition) is 5. The Bertz CT molecular complexity index is 1220. The van der Waals surface area contributed by atoms with E-state index in [0.29, 0.717) is 48.7 Å². The second-order valence-electron chi connectivity index (χ2n) is 7.76. The number of anilines is 1. The number of rotatable bonds is 5. The molecule has 0 radical (unpaired) electrons. The van der Waals surface area contributed by atoms with Crippen LogP contribution in [0, 0.1) is 0 Å². The molecule has 1 aromatic carbocycles. The molecule has 0 spiro atoms. The maximum Gasteiger partial charge on any atom is 0.332 e. The number of nitrogens with zero attached hydrogens (tertiary/aromatic N) is 6. The predicted octanol–water partition coefficient (Wildman–Crippen LogP) is 1.22. The van der Waals surface area contributed by atoms with Crippen LogP contribution in [-0.4, -0.2) is 55.7 Å². The van der Waals surface area contributed by atoms with Crippen molar-refractivity contribution in [3.05, 3.63) is 56.5 Å². The summed E-state index contributed by atoms with van der Waals surface area (Å²) in [5.41, 5.74) is 1.07. The van der Waals surface area contributed by atoms with Gasteiger partial charge in [0.15, 0.2) is 11.2 Å². The molecule has 1 aliphatic heterocycles. The van der Waals surface area contributed by atoms with Gasteiger partial charge in [-0.05, 0) is 30.7 Å². The summed E-state index contributed by atoms with van der Waals surface area (Å²) in [6.45, 7) is 3.41. The summed E-state index contributed by atoms with van der Waals surface area (Å²) >= 11 is 5.95. The number of benzene rings is 1. The van der Waals surface area contributed by atoms with E-state index in [9.17, 15) is 14.4 Å². The van der Waals surface area contributed by atoms with Crippen molar-refractivity contribution in [3.63, 3.8) is 0 Å². The van der Waals surface area contributed by atoms with Crippen molar-refractivity contribution in [2.75, 3.05) is 31.1 Å². The van der Waals surface area contributed by atoms with Crippen molar-refractivity contribution in [3.8, 4) is 0 Å². The van der Waals surface area contributed by atoms with Crippen LogP contribution >= 0.6 is 11.6 Å². The Balaban J connectivity index is 1.34. The summed E-state index contributed by atoms with van der Waals surface area (Å²) in [5, 5.41) is 0.711. The second-order valence-corrected chi connectivity index (χ2v) is 8.20.